The molecule has 0 radical (unpaired) electrons. The van der Waals surface area contributed by atoms with Crippen molar-refractivity contribution in [1.82, 2.24) is 14.7 Å². The zero-order chi connectivity index (χ0) is 36.0. The zero-order valence-corrected chi connectivity index (χ0v) is 30.7. The quantitative estimate of drug-likeness (QED) is 0.298. The number of hydrogen-bond acceptors (Lipinski definition) is 9. The Morgan fingerprint density at radius 2 is 0.739 bits per heavy atom. The number of esters is 3. The molecule has 3 amide bonds. The van der Waals surface area contributed by atoms with Crippen LogP contribution in [0.15, 0.2) is 0 Å². The van der Waals surface area contributed by atoms with E-state index in [0.717, 1.165) is 0 Å². The summed E-state index contributed by atoms with van der Waals surface area (Å²) < 4.78 is 17.5. The lowest BCUT2D eigenvalue weighted by molar-refractivity contribution is -0.181. The van der Waals surface area contributed by atoms with Crippen LogP contribution in [0.5, 0.6) is 0 Å². The van der Waals surface area contributed by atoms with Gasteiger partial charge in [-0.1, -0.05) is 83.1 Å². The second kappa shape index (κ2) is 17.1. The fraction of sp³-hybridized carbons (Fsp3) is 0.824. The molecule has 0 aliphatic carbocycles. The Hall–Kier alpha value is -3.18. The van der Waals surface area contributed by atoms with Gasteiger partial charge in [0.15, 0.2) is 18.3 Å². The first-order chi connectivity index (χ1) is 21.1. The normalized spacial score (nSPS) is 27.2. The van der Waals surface area contributed by atoms with Gasteiger partial charge in [-0.3, -0.25) is 14.4 Å². The highest BCUT2D eigenvalue weighted by molar-refractivity contribution is 5.94. The molecule has 12 nitrogen and oxygen atoms in total. The van der Waals surface area contributed by atoms with Gasteiger partial charge >= 0.3 is 17.9 Å². The number of amides is 3. The molecule has 1 rings (SSSR count). The van der Waals surface area contributed by atoms with Crippen molar-refractivity contribution in [2.45, 2.75) is 126 Å². The van der Waals surface area contributed by atoms with E-state index in [1.54, 1.807) is 69.2 Å². The molecule has 0 spiro atoms. The van der Waals surface area contributed by atoms with Crippen LogP contribution in [-0.2, 0) is 43.0 Å². The van der Waals surface area contributed by atoms with E-state index < -0.39 is 102 Å². The second-order valence-electron chi connectivity index (χ2n) is 14.7. The summed E-state index contributed by atoms with van der Waals surface area (Å²) in [6, 6.07) is -3.31. The van der Waals surface area contributed by atoms with Crippen LogP contribution >= 0.6 is 0 Å². The van der Waals surface area contributed by atoms with Crippen LogP contribution in [0.2, 0.25) is 0 Å². The number of hydrogen-bond donors (Lipinski definition) is 0. The third-order valence-corrected chi connectivity index (χ3v) is 8.33. The van der Waals surface area contributed by atoms with Gasteiger partial charge in [-0.15, -0.1) is 0 Å². The number of rotatable bonds is 7. The summed E-state index contributed by atoms with van der Waals surface area (Å²) in [5, 5.41) is 0. The maximum atomic E-state index is 13.9. The predicted octanol–water partition coefficient (Wildman–Crippen LogP) is 3.54. The molecule has 0 N–H and O–H groups in total. The van der Waals surface area contributed by atoms with Gasteiger partial charge in [0.25, 0.3) is 17.7 Å². The topological polar surface area (TPSA) is 140 Å². The lowest BCUT2D eigenvalue weighted by Crippen LogP contribution is -2.57. The molecule has 46 heavy (non-hydrogen) atoms. The molecule has 1 aliphatic heterocycles. The molecule has 0 aromatic heterocycles. The smallest absolute Gasteiger partial charge is 0.329 e. The molecule has 264 valence electrons. The maximum Gasteiger partial charge on any atom is 0.329 e. The van der Waals surface area contributed by atoms with Crippen molar-refractivity contribution in [3.8, 4) is 0 Å². The fourth-order valence-electron chi connectivity index (χ4n) is 5.65. The summed E-state index contributed by atoms with van der Waals surface area (Å²) in [5.41, 5.74) is 0. The Morgan fingerprint density at radius 1 is 0.457 bits per heavy atom. The molecule has 12 heteroatoms. The summed E-state index contributed by atoms with van der Waals surface area (Å²) in [6.45, 7) is 21.0. The average Bonchev–Trinajstić information content (AvgIpc) is 2.93. The second-order valence-corrected chi connectivity index (χ2v) is 14.7. The van der Waals surface area contributed by atoms with Gasteiger partial charge in [-0.2, -0.15) is 0 Å². The van der Waals surface area contributed by atoms with Gasteiger partial charge in [-0.25, -0.2) is 14.4 Å². The van der Waals surface area contributed by atoms with Crippen molar-refractivity contribution < 1.29 is 43.0 Å². The number of carbonyl (C=O) groups excluding carboxylic acids is 6. The molecular weight excluding hydrogens is 594 g/mol. The van der Waals surface area contributed by atoms with Crippen LogP contribution in [0.25, 0.3) is 0 Å². The van der Waals surface area contributed by atoms with Crippen molar-refractivity contribution in [3.63, 3.8) is 0 Å². The zero-order valence-electron chi connectivity index (χ0n) is 30.7. The van der Waals surface area contributed by atoms with Crippen molar-refractivity contribution >= 4 is 35.6 Å². The van der Waals surface area contributed by atoms with Crippen molar-refractivity contribution in [1.29, 1.82) is 0 Å². The van der Waals surface area contributed by atoms with Gasteiger partial charge in [0.1, 0.15) is 18.1 Å². The summed E-state index contributed by atoms with van der Waals surface area (Å²) in [4.78, 5) is 86.6. The lowest BCUT2D eigenvalue weighted by atomic mass is 9.97. The van der Waals surface area contributed by atoms with Crippen LogP contribution in [0.3, 0.4) is 0 Å². The number of cyclic esters (lactones) is 3. The van der Waals surface area contributed by atoms with Gasteiger partial charge in [0, 0.05) is 21.1 Å². The third kappa shape index (κ3) is 9.91. The minimum absolute atomic E-state index is 0.0411. The first-order valence-electron chi connectivity index (χ1n) is 16.5. The van der Waals surface area contributed by atoms with E-state index in [2.05, 4.69) is 0 Å². The largest absolute Gasteiger partial charge is 0.450 e. The Bertz CT molecular complexity index is 1090. The molecule has 0 saturated carbocycles. The highest BCUT2D eigenvalue weighted by Crippen LogP contribution is 2.25. The van der Waals surface area contributed by atoms with E-state index in [0.29, 0.717) is 0 Å². The number of ether oxygens (including phenoxy) is 3. The van der Waals surface area contributed by atoms with Gasteiger partial charge in [-0.05, 0) is 41.9 Å². The van der Waals surface area contributed by atoms with E-state index in [1.807, 2.05) is 13.8 Å². The van der Waals surface area contributed by atoms with E-state index in [9.17, 15) is 28.8 Å². The van der Waals surface area contributed by atoms with E-state index in [4.69, 9.17) is 14.2 Å². The van der Waals surface area contributed by atoms with Gasteiger partial charge in [0.2, 0.25) is 0 Å². The molecule has 1 saturated heterocycles. The Balaban J connectivity index is 3.94. The van der Waals surface area contributed by atoms with Gasteiger partial charge in [0.05, 0.1) is 0 Å². The fourth-order valence-corrected chi connectivity index (χ4v) is 5.65. The summed E-state index contributed by atoms with van der Waals surface area (Å²) in [5.74, 6) is -6.57. The van der Waals surface area contributed by atoms with E-state index in [1.165, 1.54) is 35.8 Å². The Labute approximate surface area is 275 Å². The van der Waals surface area contributed by atoms with Crippen molar-refractivity contribution in [2.24, 2.45) is 35.5 Å². The highest BCUT2D eigenvalue weighted by Gasteiger charge is 2.44. The summed E-state index contributed by atoms with van der Waals surface area (Å²) >= 11 is 0. The first kappa shape index (κ1) is 40.8. The summed E-state index contributed by atoms with van der Waals surface area (Å²) in [6.07, 6.45) is -3.61. The standard InChI is InChI=1S/C34H59N3O9/c1-17(2)16-23-32(41)44-27(21(9)10)30(39)36(14)25(19(5)6)34(43)46-28(22(11)12)31(40)37(15)24(18(3)4)33(42)45-26(20(7)8)29(38)35(23)13/h17-28H,16H2,1-15H3/t23-,24+,25+,26-,27+,28+/m0/s1. The van der Waals surface area contributed by atoms with Crippen LogP contribution < -0.4 is 0 Å². The molecule has 1 heterocycles. The Morgan fingerprint density at radius 3 is 1.00 bits per heavy atom. The van der Waals surface area contributed by atoms with Crippen molar-refractivity contribution in [2.75, 3.05) is 21.1 Å². The molecule has 0 aromatic carbocycles. The monoisotopic (exact) mass is 653 g/mol. The van der Waals surface area contributed by atoms with Crippen molar-refractivity contribution in [3.05, 3.63) is 0 Å². The Kier molecular flexibility index (Phi) is 15.2. The van der Waals surface area contributed by atoms with Crippen LogP contribution in [0.1, 0.15) is 89.5 Å². The van der Waals surface area contributed by atoms with Crippen LogP contribution in [0, 0.1) is 35.5 Å². The maximum absolute atomic E-state index is 13.9. The van der Waals surface area contributed by atoms with Crippen LogP contribution in [0.4, 0.5) is 0 Å². The average molecular weight is 654 g/mol. The van der Waals surface area contributed by atoms with Gasteiger partial charge < -0.3 is 28.9 Å². The molecule has 1 fully saturated rings. The SMILES string of the molecule is CC(C)C[C@H]1C(=O)O[C@H](C(C)C)C(=O)N(C)[C@H](C(C)C)C(=O)O[C@H](C(C)C)C(=O)N(C)[C@H](C(C)C)C(=O)O[C@@H](C(C)C)C(=O)N1C. The minimum Gasteiger partial charge on any atom is -0.450 e. The molecule has 1 aliphatic rings. The summed E-state index contributed by atoms with van der Waals surface area (Å²) in [7, 11) is 4.32. The number of likely N-dealkylation sites (N-methyl/N-ethyl adjacent to an activating group) is 3. The number of nitrogens with zero attached hydrogens (tertiary/aromatic N) is 3. The first-order valence-corrected chi connectivity index (χ1v) is 16.5. The predicted molar refractivity (Wildman–Crippen MR) is 173 cm³/mol. The third-order valence-electron chi connectivity index (χ3n) is 8.33. The number of carbonyl (C=O) groups is 6. The minimum atomic E-state index is -1.28. The molecule has 0 bridgehead atoms. The van der Waals surface area contributed by atoms with Crippen LogP contribution in [-0.4, -0.2) is 108 Å². The molecule has 0 aromatic rings. The van der Waals surface area contributed by atoms with E-state index in [-0.39, 0.29) is 12.3 Å². The lowest BCUT2D eigenvalue weighted by Gasteiger charge is -2.38. The molecular formula is C34H59N3O9. The van der Waals surface area contributed by atoms with E-state index >= 15 is 0 Å². The molecule has 0 unspecified atom stereocenters. The molecule has 6 atom stereocenters. The highest BCUT2D eigenvalue weighted by atomic mass is 16.6.